The summed E-state index contributed by atoms with van der Waals surface area (Å²) in [5.74, 6) is 0.733. The van der Waals surface area contributed by atoms with E-state index in [0.717, 1.165) is 41.7 Å². The van der Waals surface area contributed by atoms with Gasteiger partial charge in [-0.1, -0.05) is 35.9 Å². The zero-order valence-corrected chi connectivity index (χ0v) is 22.8. The van der Waals surface area contributed by atoms with E-state index in [1.807, 2.05) is 67.3 Å². The molecule has 0 unspecified atom stereocenters. The Morgan fingerprint density at radius 3 is 2.71 bits per heavy atom. The van der Waals surface area contributed by atoms with Crippen molar-refractivity contribution in [2.24, 2.45) is 0 Å². The van der Waals surface area contributed by atoms with Gasteiger partial charge in [-0.05, 0) is 73.9 Å². The molecule has 0 aliphatic carbocycles. The van der Waals surface area contributed by atoms with E-state index >= 15 is 0 Å². The largest absolute Gasteiger partial charge is 0.491 e. The van der Waals surface area contributed by atoms with E-state index in [9.17, 15) is 9.59 Å². The average Bonchev–Trinajstić information content (AvgIpc) is 3.61. The maximum absolute atomic E-state index is 13.8. The Kier molecular flexibility index (Phi) is 8.29. The number of anilines is 1. The summed E-state index contributed by atoms with van der Waals surface area (Å²) < 4.78 is 12.0. The highest BCUT2D eigenvalue weighted by Gasteiger charge is 2.34. The Balaban J connectivity index is 1.32. The van der Waals surface area contributed by atoms with Crippen LogP contribution in [0.15, 0.2) is 60.0 Å². The van der Waals surface area contributed by atoms with Crippen LogP contribution in [0, 0.1) is 13.8 Å². The molecule has 2 aromatic carbocycles. The predicted molar refractivity (Wildman–Crippen MR) is 150 cm³/mol. The van der Waals surface area contributed by atoms with Crippen LogP contribution in [0.1, 0.15) is 40.5 Å². The summed E-state index contributed by atoms with van der Waals surface area (Å²) in [5.41, 5.74) is 4.02. The van der Waals surface area contributed by atoms with E-state index in [0.29, 0.717) is 32.0 Å². The zero-order chi connectivity index (χ0) is 26.5. The number of urea groups is 1. The molecule has 1 N–H and O–H groups in total. The molecule has 2 aliphatic heterocycles. The molecule has 2 aliphatic rings. The van der Waals surface area contributed by atoms with Crippen LogP contribution in [0.2, 0.25) is 0 Å². The normalized spacial score (nSPS) is 18.6. The van der Waals surface area contributed by atoms with Crippen LogP contribution in [0.25, 0.3) is 0 Å². The number of benzene rings is 2. The van der Waals surface area contributed by atoms with Gasteiger partial charge >= 0.3 is 6.03 Å². The third-order valence-corrected chi connectivity index (χ3v) is 8.27. The minimum atomic E-state index is -0.293. The van der Waals surface area contributed by atoms with E-state index in [1.165, 1.54) is 4.88 Å². The molecule has 1 saturated heterocycles. The maximum Gasteiger partial charge on any atom is 0.322 e. The number of carbonyl (C=O) groups excluding carboxylic acids is 2. The summed E-state index contributed by atoms with van der Waals surface area (Å²) in [6, 6.07) is 17.2. The molecule has 5 rings (SSSR count). The highest BCUT2D eigenvalue weighted by atomic mass is 32.1. The molecule has 0 bridgehead atoms. The van der Waals surface area contributed by atoms with Gasteiger partial charge < -0.3 is 24.6 Å². The second-order valence-corrected chi connectivity index (χ2v) is 11.0. The smallest absolute Gasteiger partial charge is 0.322 e. The number of nitrogens with one attached hydrogen (secondary N) is 1. The first-order chi connectivity index (χ1) is 18.5. The topological polar surface area (TPSA) is 71.1 Å². The summed E-state index contributed by atoms with van der Waals surface area (Å²) in [4.78, 5) is 31.9. The molecule has 3 amide bonds. The van der Waals surface area contributed by atoms with E-state index < -0.39 is 0 Å². The lowest BCUT2D eigenvalue weighted by Crippen LogP contribution is -2.50. The minimum Gasteiger partial charge on any atom is -0.491 e. The van der Waals surface area contributed by atoms with Crippen molar-refractivity contribution in [3.63, 3.8) is 0 Å². The molecule has 200 valence electrons. The summed E-state index contributed by atoms with van der Waals surface area (Å²) in [6.07, 6.45) is 2.60. The van der Waals surface area contributed by atoms with Crippen molar-refractivity contribution >= 4 is 29.0 Å². The molecule has 3 heterocycles. The first-order valence-electron chi connectivity index (χ1n) is 13.3. The van der Waals surface area contributed by atoms with Gasteiger partial charge in [0, 0.05) is 30.3 Å². The lowest BCUT2D eigenvalue weighted by molar-refractivity contribution is -0.135. The fourth-order valence-electron chi connectivity index (χ4n) is 5.11. The lowest BCUT2D eigenvalue weighted by Gasteiger charge is -2.37. The number of para-hydroxylation sites is 1. The monoisotopic (exact) mass is 533 g/mol. The molecule has 0 spiro atoms. The highest BCUT2D eigenvalue weighted by Crippen LogP contribution is 2.34. The molecule has 8 heteroatoms. The van der Waals surface area contributed by atoms with Crippen molar-refractivity contribution in [1.82, 2.24) is 9.80 Å². The van der Waals surface area contributed by atoms with Crippen molar-refractivity contribution in [3.8, 4) is 5.75 Å². The summed E-state index contributed by atoms with van der Waals surface area (Å²) >= 11 is 1.73. The Labute approximate surface area is 228 Å². The molecule has 2 atom stereocenters. The summed E-state index contributed by atoms with van der Waals surface area (Å²) in [7, 11) is 0. The van der Waals surface area contributed by atoms with Crippen molar-refractivity contribution in [1.29, 1.82) is 0 Å². The second kappa shape index (κ2) is 12.0. The van der Waals surface area contributed by atoms with Crippen LogP contribution in [-0.4, -0.2) is 60.7 Å². The van der Waals surface area contributed by atoms with Crippen LogP contribution in [0.5, 0.6) is 5.75 Å². The SMILES string of the molecule is Cc1ccc(NC(=O)N(CC(=O)N2CCc3sccc3[C@H]2COc2ccccc2C)C[C@H]2CCCO2)cc1. The third kappa shape index (κ3) is 6.19. The number of amides is 3. The molecule has 1 fully saturated rings. The highest BCUT2D eigenvalue weighted by molar-refractivity contribution is 7.10. The zero-order valence-electron chi connectivity index (χ0n) is 22.0. The van der Waals surface area contributed by atoms with Crippen LogP contribution in [-0.2, 0) is 16.0 Å². The summed E-state index contributed by atoms with van der Waals surface area (Å²) in [6.45, 7) is 6.04. The third-order valence-electron chi connectivity index (χ3n) is 7.27. The first kappa shape index (κ1) is 26.3. The van der Waals surface area contributed by atoms with Crippen LogP contribution >= 0.6 is 11.3 Å². The second-order valence-electron chi connectivity index (χ2n) is 10.0. The van der Waals surface area contributed by atoms with Gasteiger partial charge in [-0.3, -0.25) is 4.79 Å². The van der Waals surface area contributed by atoms with E-state index in [4.69, 9.17) is 9.47 Å². The maximum atomic E-state index is 13.8. The molecule has 7 nitrogen and oxygen atoms in total. The number of hydrogen-bond donors (Lipinski definition) is 1. The van der Waals surface area contributed by atoms with Crippen molar-refractivity contribution in [2.45, 2.75) is 45.3 Å². The standard InChI is InChI=1S/C30H35N3O4S/c1-21-9-11-23(12-10-21)31-30(35)32(18-24-7-5-16-36-24)19-29(34)33-15-13-28-25(14-17-38-28)26(33)20-37-27-8-4-3-6-22(27)2/h3-4,6,8-12,14,17,24,26H,5,7,13,15-16,18-20H2,1-2H3,(H,31,35)/t24-,26-/m1/s1. The van der Waals surface area contributed by atoms with Crippen LogP contribution < -0.4 is 10.1 Å². The average molecular weight is 534 g/mol. The van der Waals surface area contributed by atoms with Crippen LogP contribution in [0.4, 0.5) is 10.5 Å². The molecule has 38 heavy (non-hydrogen) atoms. The van der Waals surface area contributed by atoms with Gasteiger partial charge in [-0.25, -0.2) is 4.79 Å². The number of fused-ring (bicyclic) bond motifs is 1. The van der Waals surface area contributed by atoms with Gasteiger partial charge in [0.25, 0.3) is 0 Å². The van der Waals surface area contributed by atoms with Crippen molar-refractivity contribution in [2.75, 3.05) is 38.2 Å². The number of ether oxygens (including phenoxy) is 2. The molecular weight excluding hydrogens is 498 g/mol. The van der Waals surface area contributed by atoms with Gasteiger partial charge in [0.05, 0.1) is 12.1 Å². The molecule has 3 aromatic rings. The van der Waals surface area contributed by atoms with E-state index in [-0.39, 0.29) is 30.6 Å². The minimum absolute atomic E-state index is 0.0160. The van der Waals surface area contributed by atoms with Crippen molar-refractivity contribution in [3.05, 3.63) is 81.5 Å². The Morgan fingerprint density at radius 1 is 1.13 bits per heavy atom. The first-order valence-corrected chi connectivity index (χ1v) is 14.1. The number of nitrogens with zero attached hydrogens (tertiary/aromatic N) is 2. The molecule has 0 saturated carbocycles. The Morgan fingerprint density at radius 2 is 1.95 bits per heavy atom. The fraction of sp³-hybridized carbons (Fsp3) is 0.400. The van der Waals surface area contributed by atoms with Gasteiger partial charge in [-0.2, -0.15) is 0 Å². The Hall–Kier alpha value is -3.36. The quantitative estimate of drug-likeness (QED) is 0.410. The predicted octanol–water partition coefficient (Wildman–Crippen LogP) is 5.58. The van der Waals surface area contributed by atoms with Gasteiger partial charge in [0.1, 0.15) is 18.9 Å². The van der Waals surface area contributed by atoms with Crippen molar-refractivity contribution < 1.29 is 19.1 Å². The Bertz CT molecular complexity index is 1250. The fourth-order valence-corrected chi connectivity index (χ4v) is 6.04. The van der Waals surface area contributed by atoms with Gasteiger partial charge in [-0.15, -0.1) is 11.3 Å². The molecule has 1 aromatic heterocycles. The van der Waals surface area contributed by atoms with Gasteiger partial charge in [0.2, 0.25) is 5.91 Å². The number of thiophene rings is 1. The van der Waals surface area contributed by atoms with E-state index in [1.54, 1.807) is 16.2 Å². The molecule has 0 radical (unpaired) electrons. The summed E-state index contributed by atoms with van der Waals surface area (Å²) in [5, 5.41) is 5.05. The lowest BCUT2D eigenvalue weighted by atomic mass is 10.0. The number of aryl methyl sites for hydroxylation is 2. The van der Waals surface area contributed by atoms with Crippen LogP contribution in [0.3, 0.4) is 0 Å². The molecular formula is C30H35N3O4S. The number of carbonyl (C=O) groups is 2. The van der Waals surface area contributed by atoms with E-state index in [2.05, 4.69) is 16.8 Å². The number of hydrogen-bond acceptors (Lipinski definition) is 5. The van der Waals surface area contributed by atoms with Gasteiger partial charge in [0.15, 0.2) is 0 Å². The number of rotatable bonds is 8.